The van der Waals surface area contributed by atoms with Gasteiger partial charge in [0.1, 0.15) is 0 Å². The van der Waals surface area contributed by atoms with Crippen molar-refractivity contribution in [2.24, 2.45) is 5.73 Å². The second-order valence-electron chi connectivity index (χ2n) is 3.60. The molecule has 4 heteroatoms. The summed E-state index contributed by atoms with van der Waals surface area (Å²) in [5.41, 5.74) is 7.72. The predicted octanol–water partition coefficient (Wildman–Crippen LogP) is 2.05. The monoisotopic (exact) mass is 213 g/mol. The summed E-state index contributed by atoms with van der Waals surface area (Å²) in [5.74, 6) is 1.56. The van der Waals surface area contributed by atoms with Gasteiger partial charge in [0.25, 0.3) is 0 Å². The van der Waals surface area contributed by atoms with Crippen LogP contribution in [0.25, 0.3) is 17.1 Å². The summed E-state index contributed by atoms with van der Waals surface area (Å²) in [5, 5.41) is 0. The van der Waals surface area contributed by atoms with Gasteiger partial charge in [-0.2, -0.15) is 0 Å². The maximum atomic E-state index is 5.62. The largest absolute Gasteiger partial charge is 0.461 e. The molecule has 3 heterocycles. The minimum absolute atomic E-state index is 0.520. The van der Waals surface area contributed by atoms with Gasteiger partial charge in [-0.25, -0.2) is 4.98 Å². The third-order valence-electron chi connectivity index (χ3n) is 2.57. The van der Waals surface area contributed by atoms with E-state index in [1.165, 1.54) is 0 Å². The highest BCUT2D eigenvalue weighted by Crippen LogP contribution is 2.20. The van der Waals surface area contributed by atoms with Crippen LogP contribution in [0.2, 0.25) is 0 Å². The molecule has 0 radical (unpaired) electrons. The number of imidazole rings is 1. The first kappa shape index (κ1) is 9.18. The predicted molar refractivity (Wildman–Crippen MR) is 60.8 cm³/mol. The molecule has 0 unspecified atom stereocenters. The fraction of sp³-hybridized carbons (Fsp3) is 0.0833. The second-order valence-corrected chi connectivity index (χ2v) is 3.60. The highest BCUT2D eigenvalue weighted by atomic mass is 16.3. The molecule has 0 bridgehead atoms. The van der Waals surface area contributed by atoms with E-state index >= 15 is 0 Å². The molecule has 80 valence electrons. The number of furan rings is 1. The Labute approximate surface area is 92.3 Å². The molecule has 0 aliphatic rings. The Morgan fingerprint density at radius 1 is 1.31 bits per heavy atom. The van der Waals surface area contributed by atoms with Gasteiger partial charge in [-0.05, 0) is 23.8 Å². The zero-order valence-corrected chi connectivity index (χ0v) is 8.63. The van der Waals surface area contributed by atoms with E-state index in [0.717, 1.165) is 22.7 Å². The van der Waals surface area contributed by atoms with E-state index in [1.807, 2.05) is 41.1 Å². The highest BCUT2D eigenvalue weighted by molar-refractivity contribution is 5.58. The number of aromatic nitrogens is 2. The quantitative estimate of drug-likeness (QED) is 0.708. The molecule has 0 amide bonds. The van der Waals surface area contributed by atoms with Crippen molar-refractivity contribution in [2.45, 2.75) is 6.54 Å². The number of hydrogen-bond acceptors (Lipinski definition) is 3. The lowest BCUT2D eigenvalue weighted by Gasteiger charge is -2.01. The van der Waals surface area contributed by atoms with Crippen LogP contribution < -0.4 is 5.73 Å². The van der Waals surface area contributed by atoms with Crippen molar-refractivity contribution >= 4 is 5.52 Å². The molecule has 2 N–H and O–H groups in total. The Bertz CT molecular complexity index is 610. The Kier molecular flexibility index (Phi) is 2.01. The molecule has 0 fully saturated rings. The van der Waals surface area contributed by atoms with Crippen molar-refractivity contribution in [3.8, 4) is 11.6 Å². The second kappa shape index (κ2) is 3.50. The molecule has 0 atom stereocenters. The number of rotatable bonds is 2. The van der Waals surface area contributed by atoms with Crippen molar-refractivity contribution in [1.29, 1.82) is 0 Å². The molecular weight excluding hydrogens is 202 g/mol. The number of nitrogens with zero attached hydrogens (tertiary/aromatic N) is 2. The molecule has 0 aliphatic heterocycles. The average molecular weight is 213 g/mol. The Morgan fingerprint density at radius 3 is 3.00 bits per heavy atom. The van der Waals surface area contributed by atoms with Crippen molar-refractivity contribution in [3.63, 3.8) is 0 Å². The fourth-order valence-corrected chi connectivity index (χ4v) is 1.74. The van der Waals surface area contributed by atoms with Gasteiger partial charge in [0, 0.05) is 12.7 Å². The van der Waals surface area contributed by atoms with Crippen LogP contribution in [-0.2, 0) is 6.54 Å². The summed E-state index contributed by atoms with van der Waals surface area (Å²) < 4.78 is 7.33. The SMILES string of the molecule is NCc1ccc2cnc(-c3ccco3)n2c1. The Balaban J connectivity index is 2.25. The number of nitrogens with two attached hydrogens (primary N) is 1. The summed E-state index contributed by atoms with van der Waals surface area (Å²) in [6, 6.07) is 7.75. The van der Waals surface area contributed by atoms with E-state index in [2.05, 4.69) is 4.98 Å². The molecule has 0 saturated carbocycles. The summed E-state index contributed by atoms with van der Waals surface area (Å²) in [7, 11) is 0. The van der Waals surface area contributed by atoms with E-state index in [4.69, 9.17) is 10.2 Å². The molecule has 16 heavy (non-hydrogen) atoms. The van der Waals surface area contributed by atoms with E-state index in [-0.39, 0.29) is 0 Å². The summed E-state index contributed by atoms with van der Waals surface area (Å²) >= 11 is 0. The van der Waals surface area contributed by atoms with Crippen LogP contribution in [0, 0.1) is 0 Å². The van der Waals surface area contributed by atoms with Gasteiger partial charge in [0.2, 0.25) is 0 Å². The van der Waals surface area contributed by atoms with Gasteiger partial charge in [0.15, 0.2) is 11.6 Å². The van der Waals surface area contributed by atoms with Gasteiger partial charge in [-0.1, -0.05) is 6.07 Å². The summed E-state index contributed by atoms with van der Waals surface area (Å²) in [4.78, 5) is 4.34. The molecule has 0 saturated heterocycles. The first-order chi connectivity index (χ1) is 7.88. The molecule has 0 spiro atoms. The first-order valence-electron chi connectivity index (χ1n) is 5.08. The molecule has 3 aromatic heterocycles. The van der Waals surface area contributed by atoms with Gasteiger partial charge >= 0.3 is 0 Å². The van der Waals surface area contributed by atoms with Crippen LogP contribution in [0.15, 0.2) is 47.3 Å². The third kappa shape index (κ3) is 1.31. The van der Waals surface area contributed by atoms with Gasteiger partial charge in [-0.3, -0.25) is 4.40 Å². The van der Waals surface area contributed by atoms with Crippen molar-refractivity contribution in [3.05, 3.63) is 48.5 Å². The number of hydrogen-bond donors (Lipinski definition) is 1. The van der Waals surface area contributed by atoms with Gasteiger partial charge in [-0.15, -0.1) is 0 Å². The Morgan fingerprint density at radius 2 is 2.25 bits per heavy atom. The van der Waals surface area contributed by atoms with E-state index < -0.39 is 0 Å². The van der Waals surface area contributed by atoms with Crippen LogP contribution >= 0.6 is 0 Å². The standard InChI is InChI=1S/C12H11N3O/c13-6-9-3-4-10-7-14-12(15(10)8-9)11-2-1-5-16-11/h1-5,7-8H,6,13H2. The maximum absolute atomic E-state index is 5.62. The van der Waals surface area contributed by atoms with E-state index in [1.54, 1.807) is 6.26 Å². The molecule has 0 aliphatic carbocycles. The number of pyridine rings is 1. The number of fused-ring (bicyclic) bond motifs is 1. The van der Waals surface area contributed by atoms with Crippen LogP contribution in [-0.4, -0.2) is 9.38 Å². The van der Waals surface area contributed by atoms with E-state index in [9.17, 15) is 0 Å². The first-order valence-corrected chi connectivity index (χ1v) is 5.08. The third-order valence-corrected chi connectivity index (χ3v) is 2.57. The van der Waals surface area contributed by atoms with Crippen LogP contribution in [0.3, 0.4) is 0 Å². The van der Waals surface area contributed by atoms with Gasteiger partial charge < -0.3 is 10.2 Å². The lowest BCUT2D eigenvalue weighted by Crippen LogP contribution is -1.98. The van der Waals surface area contributed by atoms with Crippen LogP contribution in [0.4, 0.5) is 0 Å². The lowest BCUT2D eigenvalue weighted by molar-refractivity contribution is 0.577. The molecule has 3 aromatic rings. The van der Waals surface area contributed by atoms with Crippen LogP contribution in [0.5, 0.6) is 0 Å². The highest BCUT2D eigenvalue weighted by Gasteiger charge is 2.08. The summed E-state index contributed by atoms with van der Waals surface area (Å²) in [6.07, 6.45) is 5.45. The normalized spacial score (nSPS) is 11.1. The molecule has 0 aromatic carbocycles. The Hall–Kier alpha value is -2.07. The minimum Gasteiger partial charge on any atom is -0.461 e. The van der Waals surface area contributed by atoms with E-state index in [0.29, 0.717) is 6.54 Å². The lowest BCUT2D eigenvalue weighted by atomic mass is 10.3. The average Bonchev–Trinajstić information content (AvgIpc) is 2.96. The van der Waals surface area contributed by atoms with Crippen molar-refractivity contribution in [2.75, 3.05) is 0 Å². The van der Waals surface area contributed by atoms with Gasteiger partial charge in [0.05, 0.1) is 18.0 Å². The van der Waals surface area contributed by atoms with Crippen molar-refractivity contribution in [1.82, 2.24) is 9.38 Å². The molecular formula is C12H11N3O. The minimum atomic E-state index is 0.520. The van der Waals surface area contributed by atoms with Crippen LogP contribution in [0.1, 0.15) is 5.56 Å². The maximum Gasteiger partial charge on any atom is 0.180 e. The van der Waals surface area contributed by atoms with Crippen molar-refractivity contribution < 1.29 is 4.42 Å². The zero-order valence-electron chi connectivity index (χ0n) is 8.63. The zero-order chi connectivity index (χ0) is 11.0. The molecule has 3 rings (SSSR count). The topological polar surface area (TPSA) is 56.5 Å². The fourth-order valence-electron chi connectivity index (χ4n) is 1.74. The molecule has 4 nitrogen and oxygen atoms in total. The smallest absolute Gasteiger partial charge is 0.180 e. The summed E-state index contributed by atoms with van der Waals surface area (Å²) in [6.45, 7) is 0.520.